The maximum Gasteiger partial charge on any atom is 0.320 e. The number of nitrogens with zero attached hydrogens (tertiary/aromatic N) is 1. The maximum absolute atomic E-state index is 12.6. The van der Waals surface area contributed by atoms with Gasteiger partial charge >= 0.3 is 6.03 Å². The molecular formula is C21H29ClN4O3S. The number of nitrogens with one attached hydrogen (secondary N) is 3. The Balaban J connectivity index is 0.00000320. The molecule has 164 valence electrons. The summed E-state index contributed by atoms with van der Waals surface area (Å²) in [6.45, 7) is 2.66. The topological polar surface area (TPSA) is 90.5 Å². The van der Waals surface area contributed by atoms with E-state index in [1.807, 2.05) is 44.3 Å². The molecule has 1 heterocycles. The van der Waals surface area contributed by atoms with Crippen LogP contribution in [0.1, 0.15) is 19.8 Å². The fourth-order valence-electron chi connectivity index (χ4n) is 3.58. The van der Waals surface area contributed by atoms with Crippen LogP contribution in [0.5, 0.6) is 0 Å². The third-order valence-corrected chi connectivity index (χ3v) is 6.92. The Hall–Kier alpha value is -2.13. The second-order valence-corrected chi connectivity index (χ2v) is 9.18. The van der Waals surface area contributed by atoms with Crippen molar-refractivity contribution in [2.75, 3.05) is 18.9 Å². The number of sulfonamides is 1. The number of benzene rings is 2. The molecule has 3 rings (SSSR count). The number of anilines is 1. The highest BCUT2D eigenvalue weighted by Crippen LogP contribution is 2.25. The molecule has 1 fully saturated rings. The number of likely N-dealkylation sites (tertiary alicyclic amines) is 1. The van der Waals surface area contributed by atoms with Crippen LogP contribution in [0.15, 0.2) is 65.6 Å². The summed E-state index contributed by atoms with van der Waals surface area (Å²) in [5, 5.41) is 5.82. The van der Waals surface area contributed by atoms with E-state index in [0.29, 0.717) is 6.42 Å². The third-order valence-electron chi connectivity index (χ3n) is 5.34. The Bertz CT molecular complexity index is 912. The van der Waals surface area contributed by atoms with Crippen molar-refractivity contribution in [2.45, 2.75) is 36.9 Å². The average molecular weight is 453 g/mol. The van der Waals surface area contributed by atoms with Crippen molar-refractivity contribution in [2.24, 2.45) is 5.92 Å². The van der Waals surface area contributed by atoms with Crippen molar-refractivity contribution in [3.63, 3.8) is 0 Å². The summed E-state index contributed by atoms with van der Waals surface area (Å²) < 4.78 is 28.0. The van der Waals surface area contributed by atoms with E-state index in [9.17, 15) is 13.2 Å². The molecule has 0 aliphatic carbocycles. The van der Waals surface area contributed by atoms with Crippen molar-refractivity contribution in [1.82, 2.24) is 14.9 Å². The lowest BCUT2D eigenvalue weighted by Crippen LogP contribution is -2.54. The molecule has 2 aromatic carbocycles. The highest BCUT2D eigenvalue weighted by atomic mass is 35.5. The Morgan fingerprint density at radius 2 is 1.67 bits per heavy atom. The summed E-state index contributed by atoms with van der Waals surface area (Å²) in [7, 11) is -1.61. The predicted octanol–water partition coefficient (Wildman–Crippen LogP) is 3.26. The lowest BCUT2D eigenvalue weighted by atomic mass is 9.89. The molecule has 1 saturated heterocycles. The van der Waals surface area contributed by atoms with Gasteiger partial charge < -0.3 is 10.6 Å². The molecule has 9 heteroatoms. The molecule has 30 heavy (non-hydrogen) atoms. The molecule has 2 amide bonds. The van der Waals surface area contributed by atoms with Crippen molar-refractivity contribution < 1.29 is 13.2 Å². The Kier molecular flexibility index (Phi) is 8.66. The van der Waals surface area contributed by atoms with Crippen LogP contribution in [-0.4, -0.2) is 45.1 Å². The molecule has 1 aliphatic rings. The Morgan fingerprint density at radius 3 is 2.30 bits per heavy atom. The second-order valence-electron chi connectivity index (χ2n) is 7.47. The fourth-order valence-corrected chi connectivity index (χ4v) is 4.92. The molecule has 7 nitrogen and oxygen atoms in total. The molecule has 0 aromatic heterocycles. The Labute approximate surface area is 184 Å². The lowest BCUT2D eigenvalue weighted by molar-refractivity contribution is 0.110. The van der Waals surface area contributed by atoms with E-state index >= 15 is 0 Å². The van der Waals surface area contributed by atoms with Gasteiger partial charge in [-0.3, -0.25) is 4.90 Å². The smallest absolute Gasteiger partial charge is 0.320 e. The number of para-hydroxylation sites is 1. The zero-order valence-electron chi connectivity index (χ0n) is 17.1. The van der Waals surface area contributed by atoms with Crippen molar-refractivity contribution in [3.8, 4) is 0 Å². The first-order valence-electron chi connectivity index (χ1n) is 9.75. The van der Waals surface area contributed by atoms with Gasteiger partial charge in [0.05, 0.1) is 11.1 Å². The first-order valence-corrected chi connectivity index (χ1v) is 11.2. The molecule has 0 unspecified atom stereocenters. The fraction of sp³-hybridized carbons (Fsp3) is 0.381. The van der Waals surface area contributed by atoms with Gasteiger partial charge in [-0.2, -0.15) is 0 Å². The summed E-state index contributed by atoms with van der Waals surface area (Å²) in [4.78, 5) is 14.7. The highest BCUT2D eigenvalue weighted by Gasteiger charge is 2.32. The first-order chi connectivity index (χ1) is 13.8. The predicted molar refractivity (Wildman–Crippen MR) is 121 cm³/mol. The van der Waals surface area contributed by atoms with Gasteiger partial charge in [-0.25, -0.2) is 17.9 Å². The van der Waals surface area contributed by atoms with Crippen molar-refractivity contribution in [1.29, 1.82) is 0 Å². The second kappa shape index (κ2) is 10.8. The molecule has 0 radical (unpaired) electrons. The van der Waals surface area contributed by atoms with Gasteiger partial charge in [0.2, 0.25) is 10.0 Å². The molecule has 3 atom stereocenters. The molecule has 0 bridgehead atoms. The molecule has 2 aromatic rings. The number of urea groups is 1. The monoisotopic (exact) mass is 452 g/mol. The Morgan fingerprint density at radius 1 is 1.07 bits per heavy atom. The minimum Gasteiger partial charge on any atom is -0.322 e. The van der Waals surface area contributed by atoms with Crippen molar-refractivity contribution in [3.05, 3.63) is 60.7 Å². The van der Waals surface area contributed by atoms with E-state index in [1.54, 1.807) is 30.3 Å². The van der Waals surface area contributed by atoms with Crippen LogP contribution in [0.4, 0.5) is 10.5 Å². The lowest BCUT2D eigenvalue weighted by Gasteiger charge is -2.39. The summed E-state index contributed by atoms with van der Waals surface area (Å²) in [6.07, 6.45) is 1.35. The number of carbonyl (C=O) groups excluding carboxylic acids is 1. The standard InChI is InChI=1S/C21H28N4O3S.ClH/c1-16(24-29(27,28)19-11-7-4-8-12-19)17-13-14-25(2)20(15-17)23-21(26)22-18-9-5-3-6-10-18;/h3-12,16-17,20,24H,13-15H2,1-2H3,(H2,22,23,26);1H/t16-,17-,20-;/m1./s1. The molecule has 1 aliphatic heterocycles. The summed E-state index contributed by atoms with van der Waals surface area (Å²) >= 11 is 0. The summed E-state index contributed by atoms with van der Waals surface area (Å²) in [5.74, 6) is 0.117. The van der Waals surface area contributed by atoms with Crippen LogP contribution < -0.4 is 15.4 Å². The van der Waals surface area contributed by atoms with E-state index in [4.69, 9.17) is 0 Å². The van der Waals surface area contributed by atoms with Gasteiger partial charge in [-0.05, 0) is 57.0 Å². The van der Waals surface area contributed by atoms with Crippen LogP contribution in [0.3, 0.4) is 0 Å². The van der Waals surface area contributed by atoms with Gasteiger partial charge in [-0.1, -0.05) is 36.4 Å². The highest BCUT2D eigenvalue weighted by molar-refractivity contribution is 7.89. The first kappa shape index (κ1) is 24.1. The average Bonchev–Trinajstić information content (AvgIpc) is 2.70. The minimum atomic E-state index is -3.57. The molecule has 3 N–H and O–H groups in total. The number of hydrogen-bond acceptors (Lipinski definition) is 4. The largest absolute Gasteiger partial charge is 0.322 e. The van der Waals surface area contributed by atoms with E-state index in [0.717, 1.165) is 18.7 Å². The quantitative estimate of drug-likeness (QED) is 0.627. The number of piperidine rings is 1. The van der Waals surface area contributed by atoms with Gasteiger partial charge in [-0.15, -0.1) is 12.4 Å². The normalized spacial score (nSPS) is 20.6. The van der Waals surface area contributed by atoms with Crippen LogP contribution in [-0.2, 0) is 10.0 Å². The summed E-state index contributed by atoms with van der Waals surface area (Å²) in [5.41, 5.74) is 0.726. The molecule has 0 spiro atoms. The van der Waals surface area contributed by atoms with Gasteiger partial charge in [0.25, 0.3) is 0 Å². The maximum atomic E-state index is 12.6. The van der Waals surface area contributed by atoms with Gasteiger partial charge in [0.15, 0.2) is 0 Å². The minimum absolute atomic E-state index is 0. The van der Waals surface area contributed by atoms with Crippen LogP contribution >= 0.6 is 12.4 Å². The van der Waals surface area contributed by atoms with E-state index in [1.165, 1.54) is 0 Å². The van der Waals surface area contributed by atoms with Gasteiger partial charge in [0.1, 0.15) is 0 Å². The number of rotatable bonds is 6. The summed E-state index contributed by atoms with van der Waals surface area (Å²) in [6, 6.07) is 17.1. The SMILES string of the molecule is C[C@@H](NS(=O)(=O)c1ccccc1)[C@@H]1CCN(C)[C@@H](NC(=O)Nc2ccccc2)C1.Cl. The number of halogens is 1. The van der Waals surface area contributed by atoms with E-state index in [-0.39, 0.29) is 41.5 Å². The molecule has 0 saturated carbocycles. The van der Waals surface area contributed by atoms with E-state index < -0.39 is 10.0 Å². The number of carbonyl (C=O) groups is 1. The van der Waals surface area contributed by atoms with Gasteiger partial charge in [0, 0.05) is 18.3 Å². The van der Waals surface area contributed by atoms with Crippen LogP contribution in [0.25, 0.3) is 0 Å². The zero-order valence-corrected chi connectivity index (χ0v) is 18.7. The number of amides is 2. The zero-order chi connectivity index (χ0) is 20.9. The van der Waals surface area contributed by atoms with Crippen molar-refractivity contribution >= 4 is 34.1 Å². The van der Waals surface area contributed by atoms with Crippen LogP contribution in [0, 0.1) is 5.92 Å². The number of hydrogen-bond donors (Lipinski definition) is 3. The third kappa shape index (κ3) is 6.43. The van der Waals surface area contributed by atoms with Crippen LogP contribution in [0.2, 0.25) is 0 Å². The van der Waals surface area contributed by atoms with E-state index in [2.05, 4.69) is 20.3 Å². The molecular weight excluding hydrogens is 424 g/mol.